The lowest BCUT2D eigenvalue weighted by Crippen LogP contribution is -2.31. The zero-order chi connectivity index (χ0) is 15.3. The lowest BCUT2D eigenvalue weighted by molar-refractivity contribution is 0.298. The maximum atomic E-state index is 12.6. The van der Waals surface area contributed by atoms with Gasteiger partial charge in [-0.2, -0.15) is 0 Å². The molecule has 0 aliphatic heterocycles. The normalized spacial score (nSPS) is 12.2. The molecule has 0 spiro atoms. The topological polar surface area (TPSA) is 66.8 Å². The molecule has 0 atom stereocenters. The number of hydrogen-bond acceptors (Lipinski definition) is 4. The summed E-state index contributed by atoms with van der Waals surface area (Å²) in [4.78, 5) is 0.232. The van der Waals surface area contributed by atoms with E-state index in [1.54, 1.807) is 19.2 Å². The summed E-state index contributed by atoms with van der Waals surface area (Å²) < 4.78 is 31.6. The first-order valence-electron chi connectivity index (χ1n) is 6.57. The van der Waals surface area contributed by atoms with Crippen molar-refractivity contribution in [2.75, 3.05) is 27.3 Å². The molecule has 0 saturated heterocycles. The highest BCUT2D eigenvalue weighted by Crippen LogP contribution is 2.25. The lowest BCUT2D eigenvalue weighted by Gasteiger charge is -2.21. The van der Waals surface area contributed by atoms with Gasteiger partial charge in [-0.05, 0) is 36.1 Å². The third kappa shape index (κ3) is 3.94. The van der Waals surface area contributed by atoms with Gasteiger partial charge in [-0.15, -0.1) is 0 Å². The molecule has 0 aliphatic carbocycles. The van der Waals surface area contributed by atoms with E-state index in [0.29, 0.717) is 17.9 Å². The van der Waals surface area contributed by atoms with Crippen molar-refractivity contribution >= 4 is 10.0 Å². The molecule has 20 heavy (non-hydrogen) atoms. The van der Waals surface area contributed by atoms with Gasteiger partial charge in [-0.3, -0.25) is 0 Å². The predicted octanol–water partition coefficient (Wildman–Crippen LogP) is 1.51. The first kappa shape index (κ1) is 16.9. The molecule has 1 rings (SSSR count). The van der Waals surface area contributed by atoms with Gasteiger partial charge >= 0.3 is 0 Å². The average molecular weight is 301 g/mol. The Balaban J connectivity index is 3.22. The average Bonchev–Trinajstić information content (AvgIpc) is 2.37. The summed E-state index contributed by atoms with van der Waals surface area (Å²) in [6.45, 7) is 4.28. The van der Waals surface area contributed by atoms with E-state index in [-0.39, 0.29) is 23.8 Å². The number of hydrogen-bond donors (Lipinski definition) is 1. The number of sulfonamides is 1. The summed E-state index contributed by atoms with van der Waals surface area (Å²) in [6.07, 6.45) is 0.279. The van der Waals surface area contributed by atoms with E-state index in [9.17, 15) is 8.42 Å². The van der Waals surface area contributed by atoms with Gasteiger partial charge in [0.2, 0.25) is 10.0 Å². The first-order chi connectivity index (χ1) is 9.32. The first-order valence-corrected chi connectivity index (χ1v) is 8.01. The standard InChI is InChI=1S/C14H23NO4S/c1-11(2)10-15(3)20(17,18)14-6-5-13(19-4)9-12(14)7-8-16/h5-6,9,11,16H,7-8,10H2,1-4H3. The van der Waals surface area contributed by atoms with Crippen LogP contribution in [0, 0.1) is 5.92 Å². The Bertz CT molecular complexity index is 540. The van der Waals surface area contributed by atoms with Gasteiger partial charge in [0.1, 0.15) is 5.75 Å². The molecule has 0 bridgehead atoms. The van der Waals surface area contributed by atoms with Crippen molar-refractivity contribution in [1.29, 1.82) is 0 Å². The van der Waals surface area contributed by atoms with Crippen LogP contribution in [0.2, 0.25) is 0 Å². The molecule has 5 nitrogen and oxygen atoms in total. The molecular weight excluding hydrogens is 278 g/mol. The van der Waals surface area contributed by atoms with Crippen LogP contribution in [-0.4, -0.2) is 45.1 Å². The number of nitrogens with zero attached hydrogens (tertiary/aromatic N) is 1. The largest absolute Gasteiger partial charge is 0.497 e. The van der Waals surface area contributed by atoms with E-state index in [1.165, 1.54) is 17.5 Å². The molecule has 6 heteroatoms. The highest BCUT2D eigenvalue weighted by atomic mass is 32.2. The maximum Gasteiger partial charge on any atom is 0.243 e. The van der Waals surface area contributed by atoms with Crippen LogP contribution in [0.15, 0.2) is 23.1 Å². The third-order valence-corrected chi connectivity index (χ3v) is 4.88. The Morgan fingerprint density at radius 2 is 2.00 bits per heavy atom. The molecule has 0 unspecified atom stereocenters. The van der Waals surface area contributed by atoms with Crippen molar-refractivity contribution in [3.8, 4) is 5.75 Å². The fourth-order valence-electron chi connectivity index (χ4n) is 2.03. The SMILES string of the molecule is COc1ccc(S(=O)(=O)N(C)CC(C)C)c(CCO)c1. The fraction of sp³-hybridized carbons (Fsp3) is 0.571. The summed E-state index contributed by atoms with van der Waals surface area (Å²) in [7, 11) is -0.449. The van der Waals surface area contributed by atoms with Gasteiger partial charge < -0.3 is 9.84 Å². The minimum atomic E-state index is -3.55. The fourth-order valence-corrected chi connectivity index (χ4v) is 3.59. The van der Waals surface area contributed by atoms with Crippen molar-refractivity contribution < 1.29 is 18.3 Å². The van der Waals surface area contributed by atoms with Crippen molar-refractivity contribution in [3.63, 3.8) is 0 Å². The number of aliphatic hydroxyl groups is 1. The van der Waals surface area contributed by atoms with Gasteiger partial charge in [0.05, 0.1) is 12.0 Å². The molecule has 1 aromatic carbocycles. The Kier molecular flexibility index (Phi) is 5.98. The van der Waals surface area contributed by atoms with Crippen molar-refractivity contribution in [2.24, 2.45) is 5.92 Å². The Hall–Kier alpha value is -1.11. The molecule has 0 heterocycles. The molecule has 0 radical (unpaired) electrons. The van der Waals surface area contributed by atoms with Crippen LogP contribution in [-0.2, 0) is 16.4 Å². The van der Waals surface area contributed by atoms with Gasteiger partial charge in [0, 0.05) is 20.2 Å². The highest BCUT2D eigenvalue weighted by molar-refractivity contribution is 7.89. The molecule has 0 aromatic heterocycles. The van der Waals surface area contributed by atoms with Crippen LogP contribution in [0.3, 0.4) is 0 Å². The second kappa shape index (κ2) is 7.06. The minimum absolute atomic E-state index is 0.108. The predicted molar refractivity (Wildman–Crippen MR) is 78.4 cm³/mol. The minimum Gasteiger partial charge on any atom is -0.497 e. The molecule has 1 aromatic rings. The summed E-state index contributed by atoms with van der Waals surface area (Å²) in [6, 6.07) is 4.82. The monoisotopic (exact) mass is 301 g/mol. The Labute approximate surface area is 121 Å². The van der Waals surface area contributed by atoms with Crippen molar-refractivity contribution in [1.82, 2.24) is 4.31 Å². The second-order valence-corrected chi connectivity index (χ2v) is 7.14. The van der Waals surface area contributed by atoms with Gasteiger partial charge in [-0.1, -0.05) is 13.8 Å². The van der Waals surface area contributed by atoms with Crippen molar-refractivity contribution in [2.45, 2.75) is 25.2 Å². The lowest BCUT2D eigenvalue weighted by atomic mass is 10.1. The van der Waals surface area contributed by atoms with E-state index < -0.39 is 10.0 Å². The van der Waals surface area contributed by atoms with Gasteiger partial charge in [0.15, 0.2) is 0 Å². The number of aliphatic hydroxyl groups excluding tert-OH is 1. The van der Waals surface area contributed by atoms with E-state index in [2.05, 4.69) is 0 Å². The molecule has 0 aliphatic rings. The van der Waals surface area contributed by atoms with E-state index in [1.807, 2.05) is 13.8 Å². The molecule has 1 N–H and O–H groups in total. The number of ether oxygens (including phenoxy) is 1. The molecule has 0 amide bonds. The summed E-state index contributed by atoms with van der Waals surface area (Å²) >= 11 is 0. The van der Waals surface area contributed by atoms with E-state index >= 15 is 0 Å². The van der Waals surface area contributed by atoms with E-state index in [0.717, 1.165) is 0 Å². The number of benzene rings is 1. The van der Waals surface area contributed by atoms with Crippen LogP contribution < -0.4 is 4.74 Å². The molecule has 0 fully saturated rings. The quantitative estimate of drug-likeness (QED) is 0.829. The molecule has 114 valence electrons. The van der Waals surface area contributed by atoms with Crippen LogP contribution in [0.25, 0.3) is 0 Å². The van der Waals surface area contributed by atoms with Crippen molar-refractivity contribution in [3.05, 3.63) is 23.8 Å². The van der Waals surface area contributed by atoms with Gasteiger partial charge in [-0.25, -0.2) is 12.7 Å². The second-order valence-electron chi connectivity index (χ2n) is 5.13. The zero-order valence-electron chi connectivity index (χ0n) is 12.5. The summed E-state index contributed by atoms with van der Waals surface area (Å²) in [5.41, 5.74) is 0.572. The maximum absolute atomic E-state index is 12.6. The smallest absolute Gasteiger partial charge is 0.243 e. The van der Waals surface area contributed by atoms with Crippen LogP contribution in [0.1, 0.15) is 19.4 Å². The number of rotatable bonds is 7. The summed E-state index contributed by atoms with van der Waals surface area (Å²) in [5.74, 6) is 0.827. The summed E-state index contributed by atoms with van der Waals surface area (Å²) in [5, 5.41) is 9.11. The highest BCUT2D eigenvalue weighted by Gasteiger charge is 2.24. The zero-order valence-corrected chi connectivity index (χ0v) is 13.3. The van der Waals surface area contributed by atoms with Crippen LogP contribution >= 0.6 is 0 Å². The number of methoxy groups -OCH3 is 1. The van der Waals surface area contributed by atoms with Gasteiger partial charge in [0.25, 0.3) is 0 Å². The molecule has 0 saturated carbocycles. The van der Waals surface area contributed by atoms with E-state index in [4.69, 9.17) is 9.84 Å². The third-order valence-electron chi connectivity index (χ3n) is 2.96. The van der Waals surface area contributed by atoms with Crippen LogP contribution in [0.4, 0.5) is 0 Å². The molecular formula is C14H23NO4S. The Morgan fingerprint density at radius 1 is 1.35 bits per heavy atom. The van der Waals surface area contributed by atoms with Crippen LogP contribution in [0.5, 0.6) is 5.75 Å². The Morgan fingerprint density at radius 3 is 2.50 bits per heavy atom.